The molecule has 0 aliphatic heterocycles. The fourth-order valence-corrected chi connectivity index (χ4v) is 2.23. The van der Waals surface area contributed by atoms with Crippen molar-refractivity contribution < 1.29 is 0 Å². The van der Waals surface area contributed by atoms with Crippen molar-refractivity contribution in [2.75, 3.05) is 11.9 Å². The van der Waals surface area contributed by atoms with Gasteiger partial charge in [0.15, 0.2) is 5.16 Å². The van der Waals surface area contributed by atoms with Crippen molar-refractivity contribution in [3.05, 3.63) is 34.5 Å². The lowest BCUT2D eigenvalue weighted by molar-refractivity contribution is 0.898. The zero-order valence-corrected chi connectivity index (χ0v) is 11.6. The number of anilines is 1. The highest BCUT2D eigenvalue weighted by atomic mass is 32.2. The summed E-state index contributed by atoms with van der Waals surface area (Å²) in [6, 6.07) is 1.45. The second-order valence-electron chi connectivity index (χ2n) is 3.96. The molecule has 7 heteroatoms. The van der Waals surface area contributed by atoms with Gasteiger partial charge in [-0.3, -0.25) is 9.78 Å². The Morgan fingerprint density at radius 1 is 1.37 bits per heavy atom. The number of hydrogen-bond acceptors (Lipinski definition) is 6. The fourth-order valence-electron chi connectivity index (χ4n) is 1.43. The molecule has 100 valence electrons. The lowest BCUT2D eigenvalue weighted by Gasteiger charge is -2.05. The van der Waals surface area contributed by atoms with Gasteiger partial charge >= 0.3 is 0 Å². The monoisotopic (exact) mass is 277 g/mol. The summed E-state index contributed by atoms with van der Waals surface area (Å²) < 4.78 is 0. The smallest absolute Gasteiger partial charge is 0.251 e. The highest BCUT2D eigenvalue weighted by Gasteiger charge is 2.04. The SMILES string of the molecule is CCCNc1cncc(Sc2nc(C)cc(=O)[nH]2)n1. The number of rotatable bonds is 5. The molecule has 0 radical (unpaired) electrons. The molecule has 2 aromatic heterocycles. The average molecular weight is 277 g/mol. The van der Waals surface area contributed by atoms with E-state index in [2.05, 4.69) is 32.2 Å². The molecule has 0 aliphatic carbocycles. The molecule has 0 spiro atoms. The van der Waals surface area contributed by atoms with Crippen LogP contribution in [-0.2, 0) is 0 Å². The Bertz CT molecular complexity index is 613. The van der Waals surface area contributed by atoms with Gasteiger partial charge in [0.25, 0.3) is 5.56 Å². The summed E-state index contributed by atoms with van der Waals surface area (Å²) in [5.74, 6) is 0.724. The van der Waals surface area contributed by atoms with E-state index in [0.29, 0.717) is 15.9 Å². The second-order valence-corrected chi connectivity index (χ2v) is 4.97. The second kappa shape index (κ2) is 6.33. The lowest BCUT2D eigenvalue weighted by Crippen LogP contribution is -2.08. The van der Waals surface area contributed by atoms with Gasteiger partial charge in [-0.1, -0.05) is 6.92 Å². The van der Waals surface area contributed by atoms with Crippen molar-refractivity contribution in [3.63, 3.8) is 0 Å². The first-order valence-electron chi connectivity index (χ1n) is 5.99. The Hall–Kier alpha value is -1.89. The van der Waals surface area contributed by atoms with Crippen molar-refractivity contribution >= 4 is 17.6 Å². The maximum atomic E-state index is 11.4. The third-order valence-corrected chi connectivity index (χ3v) is 3.01. The van der Waals surface area contributed by atoms with E-state index in [1.165, 1.54) is 17.8 Å². The van der Waals surface area contributed by atoms with E-state index in [1.54, 1.807) is 19.3 Å². The number of nitrogens with one attached hydrogen (secondary N) is 2. The molecule has 0 unspecified atom stereocenters. The number of hydrogen-bond donors (Lipinski definition) is 2. The first kappa shape index (κ1) is 13.5. The van der Waals surface area contributed by atoms with Gasteiger partial charge in [0.2, 0.25) is 0 Å². The van der Waals surface area contributed by atoms with Crippen molar-refractivity contribution in [2.24, 2.45) is 0 Å². The van der Waals surface area contributed by atoms with E-state index >= 15 is 0 Å². The van der Waals surface area contributed by atoms with Crippen LogP contribution in [0.25, 0.3) is 0 Å². The standard InChI is InChI=1S/C12H15N5OS/c1-3-4-14-9-6-13-7-11(16-9)19-12-15-8(2)5-10(18)17-12/h5-7H,3-4H2,1-2H3,(H,14,16)(H,15,17,18). The number of nitrogens with zero attached hydrogens (tertiary/aromatic N) is 3. The Balaban J connectivity index is 2.16. The Morgan fingerprint density at radius 3 is 2.95 bits per heavy atom. The lowest BCUT2D eigenvalue weighted by atomic mass is 10.5. The van der Waals surface area contributed by atoms with Crippen LogP contribution in [-0.4, -0.2) is 26.5 Å². The normalized spacial score (nSPS) is 10.4. The summed E-state index contributed by atoms with van der Waals surface area (Å²) in [5.41, 5.74) is 0.516. The first-order chi connectivity index (χ1) is 9.17. The molecule has 2 aromatic rings. The van der Waals surface area contributed by atoms with Crippen LogP contribution in [0.15, 0.2) is 33.4 Å². The van der Waals surface area contributed by atoms with Gasteiger partial charge in [-0.2, -0.15) is 0 Å². The predicted octanol–water partition coefficient (Wildman–Crippen LogP) is 1.84. The summed E-state index contributed by atoms with van der Waals surface area (Å²) >= 11 is 1.28. The third kappa shape index (κ3) is 4.06. The van der Waals surface area contributed by atoms with Crippen molar-refractivity contribution in [2.45, 2.75) is 30.5 Å². The van der Waals surface area contributed by atoms with E-state index in [-0.39, 0.29) is 5.56 Å². The highest BCUT2D eigenvalue weighted by molar-refractivity contribution is 7.99. The molecule has 19 heavy (non-hydrogen) atoms. The van der Waals surface area contributed by atoms with Crippen molar-refractivity contribution in [1.29, 1.82) is 0 Å². The Morgan fingerprint density at radius 2 is 2.21 bits per heavy atom. The Labute approximate surface area is 115 Å². The molecule has 2 rings (SSSR count). The molecule has 0 fully saturated rings. The number of aromatic amines is 1. The van der Waals surface area contributed by atoms with Gasteiger partial charge in [0.05, 0.1) is 12.4 Å². The minimum atomic E-state index is -0.164. The topological polar surface area (TPSA) is 83.6 Å². The molecule has 0 aliphatic rings. The van der Waals surface area contributed by atoms with E-state index in [9.17, 15) is 4.79 Å². The van der Waals surface area contributed by atoms with Gasteiger partial charge in [0.1, 0.15) is 10.8 Å². The molecule has 2 N–H and O–H groups in total. The van der Waals surface area contributed by atoms with Crippen LogP contribution in [0.2, 0.25) is 0 Å². The summed E-state index contributed by atoms with van der Waals surface area (Å²) in [5, 5.41) is 4.37. The number of aromatic nitrogens is 4. The van der Waals surface area contributed by atoms with Crippen LogP contribution in [0.4, 0.5) is 5.82 Å². The molecule has 0 atom stereocenters. The minimum Gasteiger partial charge on any atom is -0.369 e. The van der Waals surface area contributed by atoms with Gasteiger partial charge in [0, 0.05) is 18.3 Å². The Kier molecular flexibility index (Phi) is 4.51. The third-order valence-electron chi connectivity index (χ3n) is 2.22. The number of aryl methyl sites for hydroxylation is 1. The van der Waals surface area contributed by atoms with Crippen LogP contribution >= 0.6 is 11.8 Å². The van der Waals surface area contributed by atoms with Crippen LogP contribution in [0, 0.1) is 6.92 Å². The van der Waals surface area contributed by atoms with Gasteiger partial charge < -0.3 is 10.3 Å². The average Bonchev–Trinajstić information content (AvgIpc) is 2.35. The molecule has 6 nitrogen and oxygen atoms in total. The van der Waals surface area contributed by atoms with Crippen LogP contribution in [0.5, 0.6) is 0 Å². The molecular formula is C12H15N5OS. The summed E-state index contributed by atoms with van der Waals surface area (Å²) in [6.07, 6.45) is 4.34. The van der Waals surface area contributed by atoms with E-state index in [4.69, 9.17) is 0 Å². The van der Waals surface area contributed by atoms with Gasteiger partial charge in [-0.15, -0.1) is 0 Å². The first-order valence-corrected chi connectivity index (χ1v) is 6.81. The summed E-state index contributed by atoms with van der Waals surface area (Å²) in [4.78, 5) is 26.8. The minimum absolute atomic E-state index is 0.164. The van der Waals surface area contributed by atoms with Crippen LogP contribution in [0.1, 0.15) is 19.0 Å². The number of H-pyrrole nitrogens is 1. The quantitative estimate of drug-likeness (QED) is 0.811. The molecular weight excluding hydrogens is 262 g/mol. The molecule has 0 saturated heterocycles. The predicted molar refractivity (Wildman–Crippen MR) is 74.5 cm³/mol. The van der Waals surface area contributed by atoms with E-state index in [0.717, 1.165) is 18.8 Å². The van der Waals surface area contributed by atoms with E-state index in [1.807, 2.05) is 0 Å². The summed E-state index contributed by atoms with van der Waals surface area (Å²) in [7, 11) is 0. The van der Waals surface area contributed by atoms with Gasteiger partial charge in [-0.05, 0) is 25.1 Å². The van der Waals surface area contributed by atoms with Gasteiger partial charge in [-0.25, -0.2) is 9.97 Å². The molecule has 0 bridgehead atoms. The fraction of sp³-hybridized carbons (Fsp3) is 0.333. The highest BCUT2D eigenvalue weighted by Crippen LogP contribution is 2.21. The molecule has 0 amide bonds. The zero-order chi connectivity index (χ0) is 13.7. The molecule has 2 heterocycles. The maximum Gasteiger partial charge on any atom is 0.251 e. The van der Waals surface area contributed by atoms with Crippen molar-refractivity contribution in [3.8, 4) is 0 Å². The zero-order valence-electron chi connectivity index (χ0n) is 10.8. The van der Waals surface area contributed by atoms with Crippen molar-refractivity contribution in [1.82, 2.24) is 19.9 Å². The molecule has 0 saturated carbocycles. The van der Waals surface area contributed by atoms with Crippen LogP contribution in [0.3, 0.4) is 0 Å². The van der Waals surface area contributed by atoms with Crippen LogP contribution < -0.4 is 10.9 Å². The largest absolute Gasteiger partial charge is 0.369 e. The maximum absolute atomic E-state index is 11.4. The summed E-state index contributed by atoms with van der Waals surface area (Å²) in [6.45, 7) is 4.72. The van der Waals surface area contributed by atoms with E-state index < -0.39 is 0 Å². The molecule has 0 aromatic carbocycles.